The molecule has 0 bridgehead atoms. The smallest absolute Gasteiger partial charge is 0.462 e. The van der Waals surface area contributed by atoms with E-state index in [0.29, 0.717) is 6.42 Å². The van der Waals surface area contributed by atoms with Gasteiger partial charge in [-0.1, -0.05) is 134 Å². The highest BCUT2D eigenvalue weighted by molar-refractivity contribution is 7.47. The molecule has 0 saturated heterocycles. The minimum absolute atomic E-state index is 0.232. The van der Waals surface area contributed by atoms with Crippen LogP contribution in [0.4, 0.5) is 0 Å². The van der Waals surface area contributed by atoms with Crippen LogP contribution < -0.4 is 0 Å². The number of allylic oxidation sites excluding steroid dienone is 6. The summed E-state index contributed by atoms with van der Waals surface area (Å²) in [6, 6.07) is 0. The van der Waals surface area contributed by atoms with Gasteiger partial charge in [0.1, 0.15) is 6.61 Å². The zero-order valence-corrected chi connectivity index (χ0v) is 32.5. The lowest BCUT2D eigenvalue weighted by atomic mass is 10.1. The maximum absolute atomic E-state index is 12.5. The zero-order valence-electron chi connectivity index (χ0n) is 31.6. The number of esters is 2. The topological polar surface area (TPSA) is 108 Å². The Bertz CT molecular complexity index is 901. The molecule has 9 heteroatoms. The fraction of sp³-hybridized carbons (Fsp3) is 0.800. The van der Waals surface area contributed by atoms with Gasteiger partial charge in [-0.15, -0.1) is 0 Å². The van der Waals surface area contributed by atoms with Gasteiger partial charge >= 0.3 is 19.8 Å². The van der Waals surface area contributed by atoms with E-state index in [1.807, 2.05) is 0 Å². The molecule has 0 aliphatic heterocycles. The summed E-state index contributed by atoms with van der Waals surface area (Å²) in [7, 11) is -3.20. The second kappa shape index (κ2) is 36.1. The van der Waals surface area contributed by atoms with Crippen LogP contribution in [0.5, 0.6) is 0 Å². The van der Waals surface area contributed by atoms with Crippen LogP contribution in [0, 0.1) is 0 Å². The highest BCUT2D eigenvalue weighted by Crippen LogP contribution is 2.42. The third kappa shape index (κ3) is 35.9. The minimum atomic E-state index is -4.26. The van der Waals surface area contributed by atoms with Crippen molar-refractivity contribution in [3.63, 3.8) is 0 Å². The Hall–Kier alpha value is -1.73. The van der Waals surface area contributed by atoms with Crippen LogP contribution >= 0.6 is 7.82 Å². The van der Waals surface area contributed by atoms with Crippen molar-refractivity contribution in [2.75, 3.05) is 20.3 Å². The SMILES string of the molecule is CCCCC/C=C\CCCCCCCC(=O)OCC(COP(=O)(O)OC)OC(=O)CCCCCCCCC/C=C\C/C=C\CCCCCC. The molecule has 2 unspecified atom stereocenters. The summed E-state index contributed by atoms with van der Waals surface area (Å²) in [6.45, 7) is 3.82. The molecule has 0 aromatic heterocycles. The molecule has 0 radical (unpaired) electrons. The first kappa shape index (κ1) is 47.3. The summed E-state index contributed by atoms with van der Waals surface area (Å²) in [6.07, 6.45) is 40.5. The Balaban J connectivity index is 4.05. The molecule has 2 atom stereocenters. The van der Waals surface area contributed by atoms with E-state index in [4.69, 9.17) is 14.0 Å². The Labute approximate surface area is 300 Å². The number of carbonyl (C=O) groups is 2. The Morgan fingerprint density at radius 1 is 0.571 bits per heavy atom. The van der Waals surface area contributed by atoms with E-state index in [9.17, 15) is 19.0 Å². The average molecular weight is 713 g/mol. The van der Waals surface area contributed by atoms with Crippen molar-refractivity contribution >= 4 is 19.8 Å². The summed E-state index contributed by atoms with van der Waals surface area (Å²) in [5.74, 6) is -0.824. The van der Waals surface area contributed by atoms with Gasteiger partial charge in [0.2, 0.25) is 0 Å². The van der Waals surface area contributed by atoms with E-state index in [0.717, 1.165) is 77.7 Å². The van der Waals surface area contributed by atoms with Crippen LogP contribution in [0.2, 0.25) is 0 Å². The van der Waals surface area contributed by atoms with Gasteiger partial charge in [-0.2, -0.15) is 0 Å². The number of ether oxygens (including phenoxy) is 2. The molecule has 1 N–H and O–H groups in total. The lowest BCUT2D eigenvalue weighted by Gasteiger charge is -2.19. The average Bonchev–Trinajstić information content (AvgIpc) is 3.09. The zero-order chi connectivity index (χ0) is 36.1. The first-order chi connectivity index (χ1) is 23.8. The summed E-state index contributed by atoms with van der Waals surface area (Å²) in [4.78, 5) is 34.3. The fourth-order valence-corrected chi connectivity index (χ4v) is 5.73. The second-order valence-corrected chi connectivity index (χ2v) is 14.6. The number of hydrogen-bond acceptors (Lipinski definition) is 7. The minimum Gasteiger partial charge on any atom is -0.462 e. The van der Waals surface area contributed by atoms with Crippen molar-refractivity contribution in [3.05, 3.63) is 36.5 Å². The third-order valence-corrected chi connectivity index (χ3v) is 9.29. The highest BCUT2D eigenvalue weighted by Gasteiger charge is 2.24. The highest BCUT2D eigenvalue weighted by atomic mass is 31.2. The molecule has 0 aromatic carbocycles. The second-order valence-electron chi connectivity index (χ2n) is 13.1. The van der Waals surface area contributed by atoms with Gasteiger partial charge in [-0.3, -0.25) is 18.6 Å². The number of phosphoric acid groups is 1. The molecule has 0 rings (SSSR count). The van der Waals surface area contributed by atoms with Crippen molar-refractivity contribution in [2.45, 2.75) is 187 Å². The maximum atomic E-state index is 12.5. The third-order valence-electron chi connectivity index (χ3n) is 8.36. The lowest BCUT2D eigenvalue weighted by Crippen LogP contribution is -2.29. The molecule has 0 aliphatic rings. The number of unbranched alkanes of at least 4 members (excludes halogenated alkanes) is 19. The van der Waals surface area contributed by atoms with Crippen molar-refractivity contribution < 1.29 is 37.6 Å². The van der Waals surface area contributed by atoms with Gasteiger partial charge in [-0.25, -0.2) is 4.57 Å². The standard InChI is InChI=1S/C40H73O8P/c1-4-6-8-10-12-14-16-18-19-20-21-22-23-25-27-29-31-33-35-40(42)48-38(37-47-49(43,44)45-3)36-46-39(41)34-32-30-28-26-24-17-15-13-11-9-7-5-2/h13-16,19-20,38H,4-12,17-18,21-37H2,1-3H3,(H,43,44)/b15-13-,16-14-,20-19-. The normalized spacial score (nSPS) is 13.8. The van der Waals surface area contributed by atoms with Gasteiger partial charge < -0.3 is 14.4 Å². The summed E-state index contributed by atoms with van der Waals surface area (Å²) >= 11 is 0. The Kier molecular flexibility index (Phi) is 34.8. The predicted molar refractivity (Wildman–Crippen MR) is 202 cm³/mol. The number of hydrogen-bond donors (Lipinski definition) is 1. The van der Waals surface area contributed by atoms with E-state index < -0.39 is 26.5 Å². The Morgan fingerprint density at radius 3 is 1.49 bits per heavy atom. The van der Waals surface area contributed by atoms with E-state index in [1.165, 1.54) is 77.0 Å². The van der Waals surface area contributed by atoms with Crippen LogP contribution in [-0.2, 0) is 32.7 Å². The van der Waals surface area contributed by atoms with Crippen LogP contribution in [-0.4, -0.2) is 43.3 Å². The van der Waals surface area contributed by atoms with Crippen molar-refractivity contribution in [2.24, 2.45) is 0 Å². The van der Waals surface area contributed by atoms with Gasteiger partial charge in [0, 0.05) is 20.0 Å². The molecule has 8 nitrogen and oxygen atoms in total. The van der Waals surface area contributed by atoms with Crippen molar-refractivity contribution in [1.82, 2.24) is 0 Å². The largest absolute Gasteiger partial charge is 0.472 e. The van der Waals surface area contributed by atoms with Gasteiger partial charge in [0.05, 0.1) is 6.61 Å². The number of rotatable bonds is 36. The Morgan fingerprint density at radius 2 is 0.980 bits per heavy atom. The maximum Gasteiger partial charge on any atom is 0.472 e. The van der Waals surface area contributed by atoms with E-state index in [1.54, 1.807) is 0 Å². The molecule has 49 heavy (non-hydrogen) atoms. The molecule has 0 amide bonds. The molecule has 0 aromatic rings. The van der Waals surface area contributed by atoms with Crippen molar-refractivity contribution in [3.8, 4) is 0 Å². The van der Waals surface area contributed by atoms with E-state index in [-0.39, 0.29) is 25.4 Å². The molecular formula is C40H73O8P. The van der Waals surface area contributed by atoms with Crippen LogP contribution in [0.3, 0.4) is 0 Å². The predicted octanol–water partition coefficient (Wildman–Crippen LogP) is 12.1. The molecule has 0 saturated carbocycles. The summed E-state index contributed by atoms with van der Waals surface area (Å²) < 4.78 is 31.9. The molecule has 0 heterocycles. The summed E-state index contributed by atoms with van der Waals surface area (Å²) in [5.41, 5.74) is 0. The number of carbonyl (C=O) groups excluding carboxylic acids is 2. The monoisotopic (exact) mass is 713 g/mol. The number of phosphoric ester groups is 1. The van der Waals surface area contributed by atoms with Crippen LogP contribution in [0.15, 0.2) is 36.5 Å². The van der Waals surface area contributed by atoms with Gasteiger partial charge in [-0.05, 0) is 70.6 Å². The van der Waals surface area contributed by atoms with Crippen LogP contribution in [0.25, 0.3) is 0 Å². The first-order valence-corrected chi connectivity index (χ1v) is 21.2. The molecule has 0 fully saturated rings. The summed E-state index contributed by atoms with van der Waals surface area (Å²) in [5, 5.41) is 0. The molecule has 0 aliphatic carbocycles. The quantitative estimate of drug-likeness (QED) is 0.0296. The first-order valence-electron chi connectivity index (χ1n) is 19.7. The lowest BCUT2D eigenvalue weighted by molar-refractivity contribution is -0.161. The van der Waals surface area contributed by atoms with Gasteiger partial charge in [0.15, 0.2) is 6.10 Å². The van der Waals surface area contributed by atoms with Crippen molar-refractivity contribution in [1.29, 1.82) is 0 Å². The molecule has 286 valence electrons. The van der Waals surface area contributed by atoms with E-state index >= 15 is 0 Å². The van der Waals surface area contributed by atoms with Gasteiger partial charge in [0.25, 0.3) is 0 Å². The van der Waals surface area contributed by atoms with Crippen LogP contribution in [0.1, 0.15) is 181 Å². The molecular weight excluding hydrogens is 639 g/mol. The molecule has 0 spiro atoms. The fourth-order valence-electron chi connectivity index (χ4n) is 5.27. The van der Waals surface area contributed by atoms with E-state index in [2.05, 4.69) is 54.8 Å².